The maximum Gasteiger partial charge on any atom is 0.337 e. The SMILES string of the molecule is Cc1cc([C@H]2[C@@H](c3ccccn3)NC(=S)N2c2ccc(OC(C)C)cc2)c(C)n1-c1ccccc1C(=O)O. The Kier molecular flexibility index (Phi) is 6.91. The molecule has 3 heterocycles. The summed E-state index contributed by atoms with van der Waals surface area (Å²) >= 11 is 5.88. The van der Waals surface area contributed by atoms with Gasteiger partial charge in [0.25, 0.3) is 0 Å². The number of ether oxygens (including phenoxy) is 1. The standard InChI is InChI=1S/C30H30N4O3S/c1-18(2)37-22-14-12-21(13-15-22)34-28(27(32-30(34)38)25-10-7-8-16-31-25)24-17-19(3)33(20(24)4)26-11-6-5-9-23(26)29(35)36/h5-18,27-28H,1-4H3,(H,32,38)(H,35,36)/t27-,28+/m1/s1. The van der Waals surface area contributed by atoms with Crippen LogP contribution in [0.15, 0.2) is 79.0 Å². The summed E-state index contributed by atoms with van der Waals surface area (Å²) in [5, 5.41) is 13.9. The number of benzene rings is 2. The van der Waals surface area contributed by atoms with Gasteiger partial charge in [-0.3, -0.25) is 4.98 Å². The van der Waals surface area contributed by atoms with Crippen molar-refractivity contribution in [1.82, 2.24) is 14.9 Å². The number of aromatic carboxylic acids is 1. The Morgan fingerprint density at radius 1 is 1.05 bits per heavy atom. The molecule has 194 valence electrons. The van der Waals surface area contributed by atoms with Gasteiger partial charge in [-0.05, 0) is 100 Å². The van der Waals surface area contributed by atoms with Gasteiger partial charge in [0.05, 0.1) is 35.1 Å². The van der Waals surface area contributed by atoms with Crippen molar-refractivity contribution in [3.05, 3.63) is 107 Å². The quantitative estimate of drug-likeness (QED) is 0.280. The van der Waals surface area contributed by atoms with Crippen LogP contribution in [0.5, 0.6) is 5.75 Å². The zero-order chi connectivity index (χ0) is 27.0. The van der Waals surface area contributed by atoms with E-state index in [2.05, 4.69) is 21.3 Å². The Balaban J connectivity index is 1.65. The van der Waals surface area contributed by atoms with E-state index in [1.54, 1.807) is 18.3 Å². The highest BCUT2D eigenvalue weighted by atomic mass is 32.1. The molecule has 0 bridgehead atoms. The first-order valence-corrected chi connectivity index (χ1v) is 13.0. The minimum Gasteiger partial charge on any atom is -0.491 e. The van der Waals surface area contributed by atoms with Gasteiger partial charge in [-0.1, -0.05) is 18.2 Å². The van der Waals surface area contributed by atoms with Gasteiger partial charge in [0.2, 0.25) is 0 Å². The molecule has 1 aliphatic rings. The number of pyridine rings is 1. The Hall–Kier alpha value is -4.17. The van der Waals surface area contributed by atoms with Crippen LogP contribution in [0.1, 0.15) is 58.9 Å². The minimum absolute atomic E-state index is 0.0794. The van der Waals surface area contributed by atoms with Gasteiger partial charge < -0.3 is 24.6 Å². The monoisotopic (exact) mass is 526 g/mol. The van der Waals surface area contributed by atoms with E-state index in [0.29, 0.717) is 10.8 Å². The van der Waals surface area contributed by atoms with Crippen molar-refractivity contribution in [2.75, 3.05) is 4.90 Å². The number of nitrogens with one attached hydrogen (secondary N) is 1. The Morgan fingerprint density at radius 2 is 1.76 bits per heavy atom. The Bertz CT molecular complexity index is 1480. The molecule has 2 atom stereocenters. The average molecular weight is 527 g/mol. The Morgan fingerprint density at radius 3 is 2.42 bits per heavy atom. The predicted octanol–water partition coefficient (Wildman–Crippen LogP) is 6.15. The number of aryl methyl sites for hydroxylation is 1. The van der Waals surface area contributed by atoms with Crippen molar-refractivity contribution < 1.29 is 14.6 Å². The fourth-order valence-electron chi connectivity index (χ4n) is 5.21. The molecule has 0 amide bonds. The molecule has 8 heteroatoms. The highest BCUT2D eigenvalue weighted by Crippen LogP contribution is 2.44. The van der Waals surface area contributed by atoms with Crippen molar-refractivity contribution in [3.63, 3.8) is 0 Å². The summed E-state index contributed by atoms with van der Waals surface area (Å²) in [6.07, 6.45) is 1.86. The van der Waals surface area contributed by atoms with Crippen molar-refractivity contribution in [3.8, 4) is 11.4 Å². The number of rotatable bonds is 7. The van der Waals surface area contributed by atoms with E-state index in [4.69, 9.17) is 17.0 Å². The van der Waals surface area contributed by atoms with E-state index in [1.807, 2.05) is 86.9 Å². The number of hydrogen-bond acceptors (Lipinski definition) is 4. The molecular formula is C30H30N4O3S. The number of carbonyl (C=O) groups is 1. The second-order valence-corrected chi connectivity index (χ2v) is 10.0. The van der Waals surface area contributed by atoms with E-state index in [9.17, 15) is 9.90 Å². The summed E-state index contributed by atoms with van der Waals surface area (Å²) in [4.78, 5) is 18.8. The molecule has 0 unspecified atom stereocenters. The van der Waals surface area contributed by atoms with Gasteiger partial charge in [-0.15, -0.1) is 0 Å². The highest BCUT2D eigenvalue weighted by Gasteiger charge is 2.42. The molecule has 7 nitrogen and oxygen atoms in total. The van der Waals surface area contributed by atoms with E-state index >= 15 is 0 Å². The fraction of sp³-hybridized carbons (Fsp3) is 0.233. The Labute approximate surface area is 227 Å². The molecular weight excluding hydrogens is 496 g/mol. The summed E-state index contributed by atoms with van der Waals surface area (Å²) < 4.78 is 7.86. The van der Waals surface area contributed by atoms with Crippen LogP contribution in [-0.4, -0.2) is 31.8 Å². The van der Waals surface area contributed by atoms with E-state index < -0.39 is 5.97 Å². The number of anilines is 1. The molecule has 0 aliphatic carbocycles. The molecule has 5 rings (SSSR count). The van der Waals surface area contributed by atoms with Crippen LogP contribution in [0.2, 0.25) is 0 Å². The summed E-state index contributed by atoms with van der Waals surface area (Å²) in [6, 6.07) is 22.6. The molecule has 2 N–H and O–H groups in total. The first-order chi connectivity index (χ1) is 18.3. The summed E-state index contributed by atoms with van der Waals surface area (Å²) in [5.41, 5.74) is 5.59. The number of para-hydroxylation sites is 1. The van der Waals surface area contributed by atoms with Crippen LogP contribution in [0.3, 0.4) is 0 Å². The summed E-state index contributed by atoms with van der Waals surface area (Å²) in [5.74, 6) is -0.168. The lowest BCUT2D eigenvalue weighted by Crippen LogP contribution is -2.29. The molecule has 0 spiro atoms. The molecule has 0 saturated carbocycles. The molecule has 38 heavy (non-hydrogen) atoms. The topological polar surface area (TPSA) is 79.6 Å². The van der Waals surface area contributed by atoms with Crippen molar-refractivity contribution in [2.45, 2.75) is 45.9 Å². The lowest BCUT2D eigenvalue weighted by molar-refractivity contribution is 0.0697. The molecule has 0 radical (unpaired) electrons. The number of hydrogen-bond donors (Lipinski definition) is 2. The highest BCUT2D eigenvalue weighted by molar-refractivity contribution is 7.80. The smallest absolute Gasteiger partial charge is 0.337 e. The van der Waals surface area contributed by atoms with Gasteiger partial charge in [0.15, 0.2) is 5.11 Å². The van der Waals surface area contributed by atoms with Crippen LogP contribution in [0, 0.1) is 13.8 Å². The number of nitrogens with zero attached hydrogens (tertiary/aromatic N) is 3. The largest absolute Gasteiger partial charge is 0.491 e. The van der Waals surface area contributed by atoms with Crippen LogP contribution < -0.4 is 15.0 Å². The van der Waals surface area contributed by atoms with Gasteiger partial charge in [0, 0.05) is 23.3 Å². The van der Waals surface area contributed by atoms with Gasteiger partial charge in [-0.2, -0.15) is 0 Å². The maximum atomic E-state index is 12.0. The van der Waals surface area contributed by atoms with E-state index in [-0.39, 0.29) is 23.8 Å². The van der Waals surface area contributed by atoms with Gasteiger partial charge in [-0.25, -0.2) is 4.79 Å². The van der Waals surface area contributed by atoms with Crippen molar-refractivity contribution in [2.24, 2.45) is 0 Å². The second kappa shape index (κ2) is 10.3. The first kappa shape index (κ1) is 25.5. The third-order valence-corrected chi connectivity index (χ3v) is 7.06. The number of thiocarbonyl (C=S) groups is 1. The third-order valence-electron chi connectivity index (χ3n) is 6.75. The number of carboxylic acids is 1. The average Bonchev–Trinajstić information content (AvgIpc) is 3.39. The number of carboxylic acid groups (broad SMARTS) is 1. The summed E-state index contributed by atoms with van der Waals surface area (Å²) in [7, 11) is 0. The first-order valence-electron chi connectivity index (χ1n) is 12.5. The van der Waals surface area contributed by atoms with Crippen LogP contribution >= 0.6 is 12.2 Å². The van der Waals surface area contributed by atoms with Crippen molar-refractivity contribution >= 4 is 29.0 Å². The van der Waals surface area contributed by atoms with Gasteiger partial charge in [0.1, 0.15) is 5.75 Å². The molecule has 1 fully saturated rings. The molecule has 2 aromatic carbocycles. The molecule has 1 saturated heterocycles. The fourth-order valence-corrected chi connectivity index (χ4v) is 5.56. The zero-order valence-corrected chi connectivity index (χ0v) is 22.6. The lowest BCUT2D eigenvalue weighted by Gasteiger charge is -2.28. The molecule has 1 aliphatic heterocycles. The minimum atomic E-state index is -0.963. The van der Waals surface area contributed by atoms with E-state index in [1.165, 1.54) is 0 Å². The van der Waals surface area contributed by atoms with Crippen LogP contribution in [0.25, 0.3) is 5.69 Å². The second-order valence-electron chi connectivity index (χ2n) is 9.64. The molecule has 4 aromatic rings. The van der Waals surface area contributed by atoms with Gasteiger partial charge >= 0.3 is 5.97 Å². The van der Waals surface area contributed by atoms with Crippen LogP contribution in [0.4, 0.5) is 5.69 Å². The normalized spacial score (nSPS) is 17.1. The zero-order valence-electron chi connectivity index (χ0n) is 21.8. The van der Waals surface area contributed by atoms with Crippen molar-refractivity contribution in [1.29, 1.82) is 0 Å². The summed E-state index contributed by atoms with van der Waals surface area (Å²) in [6.45, 7) is 8.02. The third kappa shape index (κ3) is 4.63. The number of aromatic nitrogens is 2. The predicted molar refractivity (Wildman–Crippen MR) is 152 cm³/mol. The lowest BCUT2D eigenvalue weighted by atomic mass is 9.96. The van der Waals surface area contributed by atoms with Crippen LogP contribution in [-0.2, 0) is 0 Å². The van der Waals surface area contributed by atoms with E-state index in [0.717, 1.165) is 34.1 Å². The maximum absolute atomic E-state index is 12.0. The molecule has 2 aromatic heterocycles.